The number of hydrogen-bond acceptors (Lipinski definition) is 16. The number of hydrogen-bond donors (Lipinski definition) is 0. The van der Waals surface area contributed by atoms with Gasteiger partial charge in [-0.25, -0.2) is 19.9 Å². The van der Waals surface area contributed by atoms with Gasteiger partial charge in [0, 0.05) is 31.6 Å². The molecule has 0 radical (unpaired) electrons. The van der Waals surface area contributed by atoms with E-state index in [0.717, 1.165) is 102 Å². The summed E-state index contributed by atoms with van der Waals surface area (Å²) in [4.78, 5) is 35.0. The number of thiazole rings is 4. The maximum absolute atomic E-state index is 7.26. The largest absolute Gasteiger partial charge is 0.492 e. The first-order chi connectivity index (χ1) is 48.1. The molecule has 0 bridgehead atoms. The van der Waals surface area contributed by atoms with Crippen molar-refractivity contribution in [2.75, 3.05) is 26.4 Å². The van der Waals surface area contributed by atoms with E-state index in [1.165, 1.54) is 276 Å². The molecule has 0 N–H and O–H groups in total. The third kappa shape index (κ3) is 26.3. The van der Waals surface area contributed by atoms with Crippen LogP contribution in [0.5, 0.6) is 23.0 Å². The molecule has 16 heteroatoms. The second-order valence-corrected chi connectivity index (χ2v) is 37.0. The lowest BCUT2D eigenvalue weighted by Gasteiger charge is -2.18. The van der Waals surface area contributed by atoms with Crippen LogP contribution in [0.2, 0.25) is 0 Å². The number of fused-ring (bicyclic) bond motifs is 2. The molecule has 98 heavy (non-hydrogen) atoms. The van der Waals surface area contributed by atoms with Gasteiger partial charge in [-0.1, -0.05) is 306 Å². The minimum Gasteiger partial charge on any atom is -0.492 e. The van der Waals surface area contributed by atoms with Crippen molar-refractivity contribution in [2.24, 2.45) is 23.7 Å². The van der Waals surface area contributed by atoms with Crippen LogP contribution in [0.15, 0.2) is 24.3 Å². The lowest BCUT2D eigenvalue weighted by molar-refractivity contribution is 0.225. The zero-order valence-corrected chi connectivity index (χ0v) is 69.0. The molecule has 0 aliphatic heterocycles. The lowest BCUT2D eigenvalue weighted by atomic mass is 9.95. The first-order valence-corrected chi connectivity index (χ1v) is 46.2. The van der Waals surface area contributed by atoms with Crippen molar-refractivity contribution in [3.63, 3.8) is 0 Å². The maximum atomic E-state index is 7.26. The fourth-order valence-corrected chi connectivity index (χ4v) is 22.2. The van der Waals surface area contributed by atoms with E-state index in [4.69, 9.17) is 38.9 Å². The molecule has 0 spiro atoms. The van der Waals surface area contributed by atoms with Crippen LogP contribution in [-0.4, -0.2) is 46.4 Å². The molecule has 546 valence electrons. The summed E-state index contributed by atoms with van der Waals surface area (Å²) >= 11 is 14.1. The molecule has 8 nitrogen and oxygen atoms in total. The second-order valence-electron chi connectivity index (χ2n) is 28.5. The van der Waals surface area contributed by atoms with Gasteiger partial charge in [0.1, 0.15) is 62.5 Å². The molecule has 0 aliphatic carbocycles. The maximum Gasteiger partial charge on any atom is 0.155 e. The van der Waals surface area contributed by atoms with Gasteiger partial charge >= 0.3 is 0 Å². The average molecular weight is 1490 g/mol. The van der Waals surface area contributed by atoms with Crippen molar-refractivity contribution < 1.29 is 18.9 Å². The molecule has 8 heterocycles. The van der Waals surface area contributed by atoms with Crippen molar-refractivity contribution >= 4 is 110 Å². The van der Waals surface area contributed by atoms with E-state index in [0.29, 0.717) is 30.3 Å². The van der Waals surface area contributed by atoms with Gasteiger partial charge in [0.05, 0.1) is 26.4 Å². The Bertz CT molecular complexity index is 3350. The van der Waals surface area contributed by atoms with Crippen LogP contribution in [0, 0.1) is 37.5 Å². The average Bonchev–Trinajstić information content (AvgIpc) is 1.62. The van der Waals surface area contributed by atoms with Crippen LogP contribution in [-0.2, 0) is 0 Å². The predicted octanol–water partition coefficient (Wildman–Crippen LogP) is 30.8. The fourth-order valence-electron chi connectivity index (χ4n) is 13.6. The van der Waals surface area contributed by atoms with E-state index in [2.05, 4.69) is 93.5 Å². The number of ether oxygens (including phenoxy) is 4. The van der Waals surface area contributed by atoms with E-state index >= 15 is 0 Å². The summed E-state index contributed by atoms with van der Waals surface area (Å²) < 4.78 is 28.1. The summed E-state index contributed by atoms with van der Waals surface area (Å²) in [7, 11) is 0. The number of thiophene rings is 4. The van der Waals surface area contributed by atoms with Gasteiger partial charge in [-0.05, 0) is 101 Å². The van der Waals surface area contributed by atoms with Gasteiger partial charge < -0.3 is 18.9 Å². The molecule has 0 aliphatic rings. The van der Waals surface area contributed by atoms with E-state index in [-0.39, 0.29) is 0 Å². The SMILES string of the molecule is CCCCCCCCC(CCCCCC)COc1cc(C)sc1-c1nc2sc(-c3sc(-c4cc(OCC(CCCC)CCCCCC)c(-c5nc6sc(-c7sc(C)cc7OCC(CCCC)CCCCCC)nc6s5)s4)cc3OCC(CCCCCC)CCCCCCCC)nc2s1. The number of rotatable bonds is 57. The smallest absolute Gasteiger partial charge is 0.155 e. The third-order valence-corrected chi connectivity index (χ3v) is 28.8. The fraction of sp³-hybridized carbons (Fsp3) is 0.707. The van der Waals surface area contributed by atoms with E-state index in [1.807, 2.05) is 34.0 Å². The molecular weight excluding hydrogens is 1360 g/mol. The van der Waals surface area contributed by atoms with E-state index in [9.17, 15) is 0 Å². The monoisotopic (exact) mass is 1490 g/mol. The van der Waals surface area contributed by atoms with Gasteiger partial charge in [0.25, 0.3) is 0 Å². The van der Waals surface area contributed by atoms with Gasteiger partial charge in [-0.3, -0.25) is 0 Å². The van der Waals surface area contributed by atoms with Crippen LogP contribution in [0.1, 0.15) is 322 Å². The molecule has 0 saturated carbocycles. The minimum absolute atomic E-state index is 0.508. The van der Waals surface area contributed by atoms with Gasteiger partial charge in [0.2, 0.25) is 0 Å². The minimum atomic E-state index is 0.508. The van der Waals surface area contributed by atoms with Crippen molar-refractivity contribution in [1.29, 1.82) is 0 Å². The standard InChI is InChI=1S/C82H126N4O4S8/c1-11-19-27-33-35-41-49-63(47-39-31-23-15-5)57-88-66-52-60(10)92-72(66)76-84-80-82(96-76)86-78(98-80)74-68(90-58-64(48-40-32-24-16-6)50-42-36-34-28-20-12-2)54-70(94-74)69-53-67(89-56-62(44-26-18-8)46-38-30-22-14-4)73(93-69)77-85-81-79(97-77)83-75(95-81)71-65(51-59(9)91-71)87-55-61(43-25-17-7)45-37-29-21-13-3/h51-54,61-64H,11-50,55-58H2,1-10H3. The quantitative estimate of drug-likeness (QED) is 0.0349. The number of unbranched alkanes of at least 4 members (excludes halogenated alkanes) is 24. The summed E-state index contributed by atoms with van der Waals surface area (Å²) in [6, 6.07) is 9.15. The Labute approximate surface area is 626 Å². The molecular formula is C82H126N4O4S8. The molecule has 8 aromatic rings. The Kier molecular flexibility index (Phi) is 37.9. The van der Waals surface area contributed by atoms with Crippen molar-refractivity contribution in [3.05, 3.63) is 34.0 Å². The van der Waals surface area contributed by atoms with Crippen LogP contribution < -0.4 is 18.9 Å². The predicted molar refractivity (Wildman–Crippen MR) is 438 cm³/mol. The molecule has 0 aromatic carbocycles. The van der Waals surface area contributed by atoms with Crippen LogP contribution in [0.3, 0.4) is 0 Å². The highest BCUT2D eigenvalue weighted by atomic mass is 32.1. The third-order valence-electron chi connectivity index (χ3n) is 19.6. The highest BCUT2D eigenvalue weighted by Crippen LogP contribution is 2.53. The zero-order chi connectivity index (χ0) is 69.1. The van der Waals surface area contributed by atoms with E-state index in [1.54, 1.807) is 56.7 Å². The Morgan fingerprint density at radius 1 is 0.255 bits per heavy atom. The molecule has 0 saturated heterocycles. The van der Waals surface area contributed by atoms with Crippen LogP contribution in [0.25, 0.3) is 68.6 Å². The number of nitrogens with zero attached hydrogens (tertiary/aromatic N) is 4. The van der Waals surface area contributed by atoms with E-state index < -0.39 is 0 Å². The normalized spacial score (nSPS) is 13.2. The summed E-state index contributed by atoms with van der Waals surface area (Å²) in [5, 5.41) is 3.98. The second kappa shape index (κ2) is 46.0. The van der Waals surface area contributed by atoms with Crippen molar-refractivity contribution in [3.8, 4) is 72.3 Å². The van der Waals surface area contributed by atoms with Crippen LogP contribution in [0.4, 0.5) is 0 Å². The number of aromatic nitrogens is 4. The Morgan fingerprint density at radius 3 is 0.735 bits per heavy atom. The topological polar surface area (TPSA) is 88.5 Å². The summed E-state index contributed by atoms with van der Waals surface area (Å²) in [5.74, 6) is 6.01. The Morgan fingerprint density at radius 2 is 0.469 bits per heavy atom. The zero-order valence-electron chi connectivity index (χ0n) is 62.4. The Hall–Kier alpha value is -2.96. The molecule has 0 amide bonds. The highest BCUT2D eigenvalue weighted by molar-refractivity contribution is 7.34. The van der Waals surface area contributed by atoms with Gasteiger partial charge in [-0.15, -0.1) is 45.3 Å². The highest BCUT2D eigenvalue weighted by Gasteiger charge is 2.28. The number of aryl methyl sites for hydroxylation is 2. The first-order valence-electron chi connectivity index (χ1n) is 39.6. The summed E-state index contributed by atoms with van der Waals surface area (Å²) in [6.07, 6.45) is 51.2. The van der Waals surface area contributed by atoms with Crippen LogP contribution >= 0.6 is 90.7 Å². The molecule has 8 aromatic heterocycles. The first kappa shape index (κ1) is 80.7. The summed E-state index contributed by atoms with van der Waals surface area (Å²) in [5.41, 5.74) is 0. The Balaban J connectivity index is 1.11. The summed E-state index contributed by atoms with van der Waals surface area (Å²) in [6.45, 7) is 25.9. The van der Waals surface area contributed by atoms with Crippen molar-refractivity contribution in [2.45, 2.75) is 326 Å². The molecule has 4 unspecified atom stereocenters. The molecule has 4 atom stereocenters. The van der Waals surface area contributed by atoms with Gasteiger partial charge in [-0.2, -0.15) is 0 Å². The van der Waals surface area contributed by atoms with Gasteiger partial charge in [0.15, 0.2) is 19.3 Å². The lowest BCUT2D eigenvalue weighted by Crippen LogP contribution is -2.12. The molecule has 0 fully saturated rings. The van der Waals surface area contributed by atoms with Crippen molar-refractivity contribution in [1.82, 2.24) is 19.9 Å². The molecule has 8 rings (SSSR count).